The number of rotatable bonds is 3. The van der Waals surface area contributed by atoms with Crippen LogP contribution in [0.15, 0.2) is 46.4 Å². The molecule has 2 aromatic carbocycles. The number of carbonyl (C=O) groups is 1. The number of hydrazone groups is 1. The minimum Gasteiger partial charge on any atom is -0.266 e. The molecule has 1 aliphatic rings. The maximum absolute atomic E-state index is 12.5. The molecule has 0 aliphatic carbocycles. The first kappa shape index (κ1) is 19.7. The summed E-state index contributed by atoms with van der Waals surface area (Å²) >= 11 is 30.2. The largest absolute Gasteiger partial charge is 0.286 e. The van der Waals surface area contributed by atoms with E-state index < -0.39 is 0 Å². The van der Waals surface area contributed by atoms with Crippen molar-refractivity contribution in [3.05, 3.63) is 72.5 Å². The van der Waals surface area contributed by atoms with Gasteiger partial charge in [0, 0.05) is 0 Å². The van der Waals surface area contributed by atoms with Crippen molar-refractivity contribution in [1.29, 1.82) is 0 Å². The van der Waals surface area contributed by atoms with E-state index in [0.717, 1.165) is 22.3 Å². The fourth-order valence-corrected chi connectivity index (χ4v) is 3.82. The zero-order valence-corrected chi connectivity index (χ0v) is 17.4. The third kappa shape index (κ3) is 4.42. The summed E-state index contributed by atoms with van der Waals surface area (Å²) in [4.78, 5) is 13.0. The average molecular weight is 462 g/mol. The summed E-state index contributed by atoms with van der Waals surface area (Å²) < 4.78 is 0.331. The second kappa shape index (κ2) is 8.30. The van der Waals surface area contributed by atoms with Crippen molar-refractivity contribution in [1.82, 2.24) is 5.01 Å². The van der Waals surface area contributed by atoms with Gasteiger partial charge in [-0.3, -0.25) is 4.79 Å². The molecule has 0 radical (unpaired) electrons. The van der Waals surface area contributed by atoms with Crippen molar-refractivity contribution in [3.8, 4) is 0 Å². The SMILES string of the molecule is O=C1/C(=C\c2ccc(Cl)c(Cl)c2)SC(=S)N1/N=C/c1ccc(Cl)c(Cl)c1. The molecule has 0 saturated carbocycles. The van der Waals surface area contributed by atoms with Gasteiger partial charge in [0.05, 0.1) is 31.2 Å². The van der Waals surface area contributed by atoms with Gasteiger partial charge in [0.2, 0.25) is 0 Å². The molecule has 1 aliphatic heterocycles. The topological polar surface area (TPSA) is 32.7 Å². The molecule has 0 atom stereocenters. The number of carbonyl (C=O) groups excluding carboxylic acids is 1. The summed E-state index contributed by atoms with van der Waals surface area (Å²) in [6, 6.07) is 10.1. The molecule has 0 bridgehead atoms. The first-order valence-electron chi connectivity index (χ1n) is 7.07. The Kier molecular flexibility index (Phi) is 6.28. The van der Waals surface area contributed by atoms with Crippen molar-refractivity contribution in [3.63, 3.8) is 0 Å². The Morgan fingerprint density at radius 2 is 1.50 bits per heavy atom. The number of hydrogen-bond acceptors (Lipinski definition) is 4. The highest BCUT2D eigenvalue weighted by molar-refractivity contribution is 8.26. The van der Waals surface area contributed by atoms with Crippen molar-refractivity contribution >= 4 is 92.9 Å². The van der Waals surface area contributed by atoms with Crippen molar-refractivity contribution < 1.29 is 4.79 Å². The van der Waals surface area contributed by atoms with E-state index in [1.807, 2.05) is 0 Å². The van der Waals surface area contributed by atoms with E-state index in [-0.39, 0.29) is 5.91 Å². The second-order valence-corrected chi connectivity index (χ2v) is 8.39. The molecule has 3 rings (SSSR count). The Labute approximate surface area is 179 Å². The molecular weight excluding hydrogens is 454 g/mol. The molecule has 1 saturated heterocycles. The maximum Gasteiger partial charge on any atom is 0.286 e. The standard InChI is InChI=1S/C17H8Cl4N2OS2/c18-11-3-1-9(5-13(11)20)7-15-16(24)23(17(25)26-15)22-8-10-2-4-12(19)14(21)6-10/h1-8H/b15-7+,22-8+. The Morgan fingerprint density at radius 1 is 0.923 bits per heavy atom. The van der Waals surface area contributed by atoms with Gasteiger partial charge in [-0.25, -0.2) is 0 Å². The van der Waals surface area contributed by atoms with E-state index in [1.165, 1.54) is 6.21 Å². The van der Waals surface area contributed by atoms with Crippen LogP contribution in [0.4, 0.5) is 0 Å². The Balaban J connectivity index is 1.82. The van der Waals surface area contributed by atoms with E-state index in [9.17, 15) is 4.79 Å². The molecule has 0 aromatic heterocycles. The third-order valence-electron chi connectivity index (χ3n) is 3.28. The van der Waals surface area contributed by atoms with Crippen LogP contribution in [0.2, 0.25) is 20.1 Å². The fraction of sp³-hybridized carbons (Fsp3) is 0. The fourth-order valence-electron chi connectivity index (χ4n) is 2.03. The van der Waals surface area contributed by atoms with Crippen LogP contribution in [0.5, 0.6) is 0 Å². The van der Waals surface area contributed by atoms with Crippen LogP contribution in [0.3, 0.4) is 0 Å². The maximum atomic E-state index is 12.5. The Hall–Kier alpha value is -1.08. The quantitative estimate of drug-likeness (QED) is 0.295. The van der Waals surface area contributed by atoms with Gasteiger partial charge < -0.3 is 0 Å². The van der Waals surface area contributed by atoms with Gasteiger partial charge in [-0.15, -0.1) is 0 Å². The molecule has 1 amide bonds. The summed E-state index contributed by atoms with van der Waals surface area (Å²) in [5.41, 5.74) is 1.44. The molecule has 0 unspecified atom stereocenters. The summed E-state index contributed by atoms with van der Waals surface area (Å²) in [6.45, 7) is 0. The molecule has 0 N–H and O–H groups in total. The van der Waals surface area contributed by atoms with Crippen LogP contribution in [-0.2, 0) is 4.79 Å². The van der Waals surface area contributed by atoms with Gasteiger partial charge in [0.15, 0.2) is 4.32 Å². The van der Waals surface area contributed by atoms with Crippen LogP contribution in [0.25, 0.3) is 6.08 Å². The Morgan fingerprint density at radius 3 is 2.12 bits per heavy atom. The van der Waals surface area contributed by atoms with Crippen LogP contribution in [-0.4, -0.2) is 21.5 Å². The number of nitrogens with zero attached hydrogens (tertiary/aromatic N) is 2. The zero-order valence-electron chi connectivity index (χ0n) is 12.7. The summed E-state index contributed by atoms with van der Waals surface area (Å²) in [7, 11) is 0. The lowest BCUT2D eigenvalue weighted by Gasteiger charge is -2.06. The second-order valence-electron chi connectivity index (χ2n) is 5.09. The lowest BCUT2D eigenvalue weighted by Crippen LogP contribution is -2.22. The number of thiocarbonyl (C=S) groups is 1. The molecule has 1 fully saturated rings. The summed E-state index contributed by atoms with van der Waals surface area (Å²) in [6.07, 6.45) is 3.19. The highest BCUT2D eigenvalue weighted by Gasteiger charge is 2.32. The molecule has 132 valence electrons. The third-order valence-corrected chi connectivity index (χ3v) is 6.04. The smallest absolute Gasteiger partial charge is 0.266 e. The van der Waals surface area contributed by atoms with Crippen molar-refractivity contribution in [2.45, 2.75) is 0 Å². The van der Waals surface area contributed by atoms with E-state index in [2.05, 4.69) is 5.10 Å². The predicted octanol–water partition coefficient (Wildman–Crippen LogP) is 6.54. The normalized spacial score (nSPS) is 16.3. The number of thioether (sulfide) groups is 1. The van der Waals surface area contributed by atoms with E-state index in [0.29, 0.717) is 34.9 Å². The number of hydrogen-bond donors (Lipinski definition) is 0. The van der Waals surface area contributed by atoms with Gasteiger partial charge in [0.1, 0.15) is 0 Å². The summed E-state index contributed by atoms with van der Waals surface area (Å²) in [5, 5.41) is 7.02. The molecule has 26 heavy (non-hydrogen) atoms. The van der Waals surface area contributed by atoms with Gasteiger partial charge in [-0.2, -0.15) is 10.1 Å². The molecule has 9 heteroatoms. The molecule has 2 aromatic rings. The highest BCUT2D eigenvalue weighted by Crippen LogP contribution is 2.34. The summed E-state index contributed by atoms with van der Waals surface area (Å²) in [5.74, 6) is -0.317. The van der Waals surface area contributed by atoms with Crippen LogP contribution < -0.4 is 0 Å². The molecule has 0 spiro atoms. The van der Waals surface area contributed by atoms with Gasteiger partial charge in [-0.05, 0) is 53.7 Å². The molecule has 3 nitrogen and oxygen atoms in total. The lowest BCUT2D eigenvalue weighted by atomic mass is 10.2. The molecule has 1 heterocycles. The van der Waals surface area contributed by atoms with E-state index >= 15 is 0 Å². The lowest BCUT2D eigenvalue weighted by molar-refractivity contribution is -0.122. The number of amides is 1. The van der Waals surface area contributed by atoms with Crippen LogP contribution in [0.1, 0.15) is 11.1 Å². The van der Waals surface area contributed by atoms with E-state index in [1.54, 1.807) is 42.5 Å². The minimum absolute atomic E-state index is 0.317. The van der Waals surface area contributed by atoms with E-state index in [4.69, 9.17) is 58.6 Å². The van der Waals surface area contributed by atoms with Crippen LogP contribution >= 0.6 is 70.4 Å². The predicted molar refractivity (Wildman–Crippen MR) is 116 cm³/mol. The van der Waals surface area contributed by atoms with Crippen molar-refractivity contribution in [2.24, 2.45) is 5.10 Å². The number of benzene rings is 2. The van der Waals surface area contributed by atoms with Crippen molar-refractivity contribution in [2.75, 3.05) is 0 Å². The van der Waals surface area contributed by atoms with Gasteiger partial charge in [0.25, 0.3) is 5.91 Å². The first-order valence-corrected chi connectivity index (χ1v) is 9.81. The zero-order chi connectivity index (χ0) is 18.8. The monoisotopic (exact) mass is 460 g/mol. The highest BCUT2D eigenvalue weighted by atomic mass is 35.5. The Bertz CT molecular complexity index is 975. The van der Waals surface area contributed by atoms with Crippen LogP contribution in [0, 0.1) is 0 Å². The van der Waals surface area contributed by atoms with Gasteiger partial charge in [-0.1, -0.05) is 70.3 Å². The van der Waals surface area contributed by atoms with Gasteiger partial charge >= 0.3 is 0 Å². The number of halogens is 4. The molecular formula is C17H8Cl4N2OS2. The first-order chi connectivity index (χ1) is 12.3. The minimum atomic E-state index is -0.317. The average Bonchev–Trinajstić information content (AvgIpc) is 2.86.